The second kappa shape index (κ2) is 13.0. The summed E-state index contributed by atoms with van der Waals surface area (Å²) in [7, 11) is 1.68. The fourth-order valence-electron chi connectivity index (χ4n) is 4.88. The molecule has 0 bridgehead atoms. The molecule has 0 unspecified atom stereocenters. The molecule has 0 spiro atoms. The van der Waals surface area contributed by atoms with Crippen molar-refractivity contribution in [3.8, 4) is 16.8 Å². The van der Waals surface area contributed by atoms with Crippen LogP contribution in [0.25, 0.3) is 27.8 Å². The first kappa shape index (κ1) is 28.4. The molecule has 1 aliphatic heterocycles. The summed E-state index contributed by atoms with van der Waals surface area (Å²) in [4.78, 5) is 29.1. The summed E-state index contributed by atoms with van der Waals surface area (Å²) in [5.41, 5.74) is 5.14. The van der Waals surface area contributed by atoms with Crippen LogP contribution in [-0.2, 0) is 14.2 Å². The van der Waals surface area contributed by atoms with Crippen molar-refractivity contribution in [3.05, 3.63) is 54.1 Å². The summed E-state index contributed by atoms with van der Waals surface area (Å²) in [5, 5.41) is 9.12. The molecule has 0 saturated carbocycles. The number of morpholine rings is 1. The molecule has 1 N–H and O–H groups in total. The molecule has 1 saturated heterocycles. The first-order valence-corrected chi connectivity index (χ1v) is 14.1. The molecule has 4 aromatic rings. The van der Waals surface area contributed by atoms with Crippen molar-refractivity contribution >= 4 is 28.6 Å². The molecule has 41 heavy (non-hydrogen) atoms. The number of hydrogen-bond acceptors (Lipinski definition) is 10. The molecule has 216 valence electrons. The molecular weight excluding hydrogens is 522 g/mol. The smallest absolute Gasteiger partial charge is 0.357 e. The maximum atomic E-state index is 13.0. The Morgan fingerprint density at radius 3 is 2.59 bits per heavy atom. The van der Waals surface area contributed by atoms with E-state index in [2.05, 4.69) is 46.2 Å². The average Bonchev–Trinajstić information content (AvgIpc) is 3.40. The van der Waals surface area contributed by atoms with Crippen molar-refractivity contribution < 1.29 is 19.0 Å². The van der Waals surface area contributed by atoms with Crippen LogP contribution in [0, 0.1) is 0 Å². The molecular formula is C30H37N7O4. The van der Waals surface area contributed by atoms with Crippen molar-refractivity contribution in [3.63, 3.8) is 0 Å². The Labute approximate surface area is 239 Å². The SMILES string of the molecule is CCOC(=O)c1cc(-c2cnc(NCCCOC)nc2)c2c(C(C)C)nn(-c3cccc(N4CCOCC4)c3)c2n1. The predicted molar refractivity (Wildman–Crippen MR) is 158 cm³/mol. The van der Waals surface area contributed by atoms with Gasteiger partial charge in [0.05, 0.1) is 36.6 Å². The van der Waals surface area contributed by atoms with E-state index in [-0.39, 0.29) is 18.2 Å². The van der Waals surface area contributed by atoms with E-state index in [0.717, 1.165) is 53.1 Å². The van der Waals surface area contributed by atoms with E-state index in [1.807, 2.05) is 16.8 Å². The van der Waals surface area contributed by atoms with E-state index in [0.29, 0.717) is 38.0 Å². The number of ether oxygens (including phenoxy) is 3. The second-order valence-electron chi connectivity index (χ2n) is 10.1. The van der Waals surface area contributed by atoms with Gasteiger partial charge < -0.3 is 24.4 Å². The molecule has 1 aromatic carbocycles. The van der Waals surface area contributed by atoms with E-state index >= 15 is 0 Å². The topological polar surface area (TPSA) is 117 Å². The molecule has 0 amide bonds. The summed E-state index contributed by atoms with van der Waals surface area (Å²) in [6.07, 6.45) is 4.37. The van der Waals surface area contributed by atoms with Crippen molar-refractivity contribution in [2.75, 3.05) is 63.4 Å². The van der Waals surface area contributed by atoms with Gasteiger partial charge in [0.25, 0.3) is 0 Å². The van der Waals surface area contributed by atoms with E-state index in [1.54, 1.807) is 32.5 Å². The van der Waals surface area contributed by atoms with Crippen molar-refractivity contribution in [2.24, 2.45) is 0 Å². The zero-order valence-corrected chi connectivity index (χ0v) is 24.1. The first-order chi connectivity index (χ1) is 20.0. The van der Waals surface area contributed by atoms with Crippen LogP contribution in [0.15, 0.2) is 42.7 Å². The third-order valence-electron chi connectivity index (χ3n) is 6.92. The van der Waals surface area contributed by atoms with Gasteiger partial charge in [-0.1, -0.05) is 19.9 Å². The summed E-state index contributed by atoms with van der Waals surface area (Å²) < 4.78 is 17.8. The predicted octanol–water partition coefficient (Wildman–Crippen LogP) is 4.46. The van der Waals surface area contributed by atoms with Gasteiger partial charge in [-0.15, -0.1) is 0 Å². The number of nitrogens with zero attached hydrogens (tertiary/aromatic N) is 6. The lowest BCUT2D eigenvalue weighted by atomic mass is 9.99. The second-order valence-corrected chi connectivity index (χ2v) is 10.1. The van der Waals surface area contributed by atoms with Crippen LogP contribution in [0.5, 0.6) is 0 Å². The van der Waals surface area contributed by atoms with Gasteiger partial charge >= 0.3 is 5.97 Å². The normalized spacial score (nSPS) is 13.6. The Bertz CT molecular complexity index is 1480. The number of hydrogen-bond donors (Lipinski definition) is 1. The Morgan fingerprint density at radius 2 is 1.88 bits per heavy atom. The average molecular weight is 560 g/mol. The number of carbonyl (C=O) groups excluding carboxylic acids is 1. The first-order valence-electron chi connectivity index (χ1n) is 14.1. The number of fused-ring (bicyclic) bond motifs is 1. The number of carbonyl (C=O) groups is 1. The number of nitrogens with one attached hydrogen (secondary N) is 1. The molecule has 0 aliphatic carbocycles. The largest absolute Gasteiger partial charge is 0.461 e. The fraction of sp³-hybridized carbons (Fsp3) is 0.433. The highest BCUT2D eigenvalue weighted by Gasteiger charge is 2.24. The van der Waals surface area contributed by atoms with Gasteiger partial charge in [-0.05, 0) is 43.5 Å². The lowest BCUT2D eigenvalue weighted by Crippen LogP contribution is -2.36. The van der Waals surface area contributed by atoms with Crippen LogP contribution < -0.4 is 10.2 Å². The number of aromatic nitrogens is 5. The van der Waals surface area contributed by atoms with Gasteiger partial charge in [-0.2, -0.15) is 5.10 Å². The summed E-state index contributed by atoms with van der Waals surface area (Å²) in [5.74, 6) is 0.132. The molecule has 5 rings (SSSR count). The Kier molecular flexibility index (Phi) is 9.05. The van der Waals surface area contributed by atoms with Gasteiger partial charge in [-0.25, -0.2) is 24.4 Å². The highest BCUT2D eigenvalue weighted by molar-refractivity contribution is 6.00. The fourth-order valence-corrected chi connectivity index (χ4v) is 4.88. The number of esters is 1. The van der Waals surface area contributed by atoms with E-state index in [9.17, 15) is 4.79 Å². The van der Waals surface area contributed by atoms with Crippen LogP contribution >= 0.6 is 0 Å². The Morgan fingerprint density at radius 1 is 1.12 bits per heavy atom. The van der Waals surface area contributed by atoms with Gasteiger partial charge in [0.2, 0.25) is 5.95 Å². The van der Waals surface area contributed by atoms with Crippen molar-refractivity contribution in [1.29, 1.82) is 0 Å². The molecule has 3 aromatic heterocycles. The Hall–Kier alpha value is -4.09. The molecule has 0 atom stereocenters. The summed E-state index contributed by atoms with van der Waals surface area (Å²) >= 11 is 0. The number of anilines is 2. The number of methoxy groups -OCH3 is 1. The van der Waals surface area contributed by atoms with E-state index < -0.39 is 5.97 Å². The maximum Gasteiger partial charge on any atom is 0.357 e. The third-order valence-corrected chi connectivity index (χ3v) is 6.92. The number of benzene rings is 1. The monoisotopic (exact) mass is 559 g/mol. The minimum Gasteiger partial charge on any atom is -0.461 e. The summed E-state index contributed by atoms with van der Waals surface area (Å²) in [6, 6.07) is 9.98. The quantitative estimate of drug-likeness (QED) is 0.208. The van der Waals surface area contributed by atoms with Gasteiger partial charge in [-0.3, -0.25) is 0 Å². The molecule has 11 heteroatoms. The standard InChI is InChI=1S/C30H37N7O4/c1-5-41-29(38)25-17-24(21-18-32-30(33-19-21)31-10-7-13-39-4)26-27(20(2)3)35-37(28(26)34-25)23-9-6-8-22(16-23)36-11-14-40-15-12-36/h6,8-9,16-20H,5,7,10-15H2,1-4H3,(H,31,32,33). The van der Waals surface area contributed by atoms with E-state index in [1.165, 1.54) is 0 Å². The molecule has 4 heterocycles. The lowest BCUT2D eigenvalue weighted by molar-refractivity contribution is 0.0520. The van der Waals surface area contributed by atoms with Crippen molar-refractivity contribution in [1.82, 2.24) is 24.7 Å². The van der Waals surface area contributed by atoms with E-state index in [4.69, 9.17) is 24.3 Å². The molecule has 0 radical (unpaired) electrons. The zero-order valence-electron chi connectivity index (χ0n) is 24.1. The Balaban J connectivity index is 1.63. The van der Waals surface area contributed by atoms with Crippen LogP contribution in [0.4, 0.5) is 11.6 Å². The molecule has 1 fully saturated rings. The van der Waals surface area contributed by atoms with Crippen LogP contribution in [0.1, 0.15) is 49.3 Å². The lowest BCUT2D eigenvalue weighted by Gasteiger charge is -2.29. The van der Waals surface area contributed by atoms with Gasteiger partial charge in [0.1, 0.15) is 0 Å². The molecule has 1 aliphatic rings. The van der Waals surface area contributed by atoms with Gasteiger partial charge in [0.15, 0.2) is 11.3 Å². The number of pyridine rings is 1. The van der Waals surface area contributed by atoms with Gasteiger partial charge in [0, 0.05) is 62.6 Å². The number of rotatable bonds is 11. The van der Waals surface area contributed by atoms with Crippen LogP contribution in [0.2, 0.25) is 0 Å². The zero-order chi connectivity index (χ0) is 28.8. The highest BCUT2D eigenvalue weighted by atomic mass is 16.5. The maximum absolute atomic E-state index is 13.0. The summed E-state index contributed by atoms with van der Waals surface area (Å²) in [6.45, 7) is 10.6. The van der Waals surface area contributed by atoms with Crippen LogP contribution in [-0.4, -0.2) is 83.9 Å². The third kappa shape index (κ3) is 6.31. The van der Waals surface area contributed by atoms with Crippen LogP contribution in [0.3, 0.4) is 0 Å². The van der Waals surface area contributed by atoms with Crippen molar-refractivity contribution in [2.45, 2.75) is 33.1 Å². The molecule has 11 nitrogen and oxygen atoms in total. The minimum absolute atomic E-state index is 0.0952. The minimum atomic E-state index is -0.492. The highest BCUT2D eigenvalue weighted by Crippen LogP contribution is 2.36.